The maximum Gasteiger partial charge on any atom is 0.164 e. The van der Waals surface area contributed by atoms with Crippen LogP contribution in [0, 0.1) is 0 Å². The second kappa shape index (κ2) is 19.3. The van der Waals surface area contributed by atoms with E-state index in [1.54, 1.807) is 0 Å². The van der Waals surface area contributed by atoms with E-state index in [0.717, 1.165) is 29.5 Å². The zero-order chi connectivity index (χ0) is 52.3. The van der Waals surface area contributed by atoms with Crippen molar-refractivity contribution in [3.8, 4) is 89.8 Å². The Bertz CT molecular complexity index is 4100. The van der Waals surface area contributed by atoms with Crippen molar-refractivity contribution in [2.24, 2.45) is 0 Å². The molecule has 3 nitrogen and oxygen atoms in total. The quantitative estimate of drug-likeness (QED) is 0.145. The summed E-state index contributed by atoms with van der Waals surface area (Å²) in [5, 5.41) is 0. The van der Waals surface area contributed by atoms with Crippen molar-refractivity contribution in [3.05, 3.63) is 324 Å². The summed E-state index contributed by atoms with van der Waals surface area (Å²) in [6.07, 6.45) is 13.9. The minimum Gasteiger partial charge on any atom is -0.208 e. The van der Waals surface area contributed by atoms with E-state index < -0.39 is 5.41 Å². The highest BCUT2D eigenvalue weighted by Crippen LogP contribution is 2.67. The van der Waals surface area contributed by atoms with Crippen molar-refractivity contribution in [2.45, 2.75) is 30.1 Å². The number of hydrogen-bond acceptors (Lipinski definition) is 3. The summed E-state index contributed by atoms with van der Waals surface area (Å²) in [6, 6.07) is 92.8. The minimum atomic E-state index is -0.583. The van der Waals surface area contributed by atoms with Gasteiger partial charge >= 0.3 is 0 Å². The summed E-state index contributed by atoms with van der Waals surface area (Å²) in [4.78, 5) is 15.8. The van der Waals surface area contributed by atoms with Gasteiger partial charge < -0.3 is 0 Å². The lowest BCUT2D eigenvalue weighted by molar-refractivity contribution is 0.642. The molecule has 79 heavy (non-hydrogen) atoms. The Kier molecular flexibility index (Phi) is 11.4. The maximum absolute atomic E-state index is 5.32. The zero-order valence-corrected chi connectivity index (χ0v) is 43.5. The van der Waals surface area contributed by atoms with Crippen LogP contribution in [0.4, 0.5) is 0 Å². The summed E-state index contributed by atoms with van der Waals surface area (Å²) in [7, 11) is 0. The van der Waals surface area contributed by atoms with Gasteiger partial charge in [0, 0.05) is 28.5 Å². The molecule has 0 saturated heterocycles. The molecular formula is C76H53N3. The van der Waals surface area contributed by atoms with E-state index in [1.807, 2.05) is 36.4 Å². The molecule has 372 valence electrons. The summed E-state index contributed by atoms with van der Waals surface area (Å²) in [6.45, 7) is 0. The Hall–Kier alpha value is -9.83. The van der Waals surface area contributed by atoms with Gasteiger partial charge in [0.25, 0.3) is 0 Å². The first-order valence-electron chi connectivity index (χ1n) is 27.6. The van der Waals surface area contributed by atoms with Crippen LogP contribution in [0.3, 0.4) is 0 Å². The Morgan fingerprint density at radius 1 is 0.367 bits per heavy atom. The van der Waals surface area contributed by atoms with E-state index in [2.05, 4.69) is 249 Å². The molecule has 3 atom stereocenters. The van der Waals surface area contributed by atoms with Crippen LogP contribution in [0.5, 0.6) is 0 Å². The van der Waals surface area contributed by atoms with Crippen LogP contribution in [0.25, 0.3) is 95.4 Å². The minimum absolute atomic E-state index is 0.113. The first-order valence-corrected chi connectivity index (χ1v) is 27.6. The number of benzene rings is 10. The predicted molar refractivity (Wildman–Crippen MR) is 325 cm³/mol. The lowest BCUT2D eigenvalue weighted by atomic mass is 9.65. The summed E-state index contributed by atoms with van der Waals surface area (Å²) >= 11 is 0. The zero-order valence-electron chi connectivity index (χ0n) is 43.5. The topological polar surface area (TPSA) is 38.7 Å². The van der Waals surface area contributed by atoms with Crippen LogP contribution in [-0.4, -0.2) is 15.0 Å². The third-order valence-electron chi connectivity index (χ3n) is 16.9. The highest BCUT2D eigenvalue weighted by atomic mass is 15.0. The van der Waals surface area contributed by atoms with Gasteiger partial charge in [-0.3, -0.25) is 0 Å². The third-order valence-corrected chi connectivity index (χ3v) is 16.9. The number of rotatable bonds is 9. The van der Waals surface area contributed by atoms with Crippen molar-refractivity contribution in [1.29, 1.82) is 0 Å². The maximum atomic E-state index is 5.32. The summed E-state index contributed by atoms with van der Waals surface area (Å²) in [5.74, 6) is 2.27. The van der Waals surface area contributed by atoms with Crippen molar-refractivity contribution in [3.63, 3.8) is 0 Å². The molecule has 0 amide bonds. The Balaban J connectivity index is 0.955. The first-order chi connectivity index (χ1) is 39.1. The van der Waals surface area contributed by atoms with E-state index in [-0.39, 0.29) is 11.8 Å². The number of aromatic nitrogens is 3. The van der Waals surface area contributed by atoms with E-state index in [1.165, 1.54) is 100 Å². The molecule has 1 spiro atoms. The second-order valence-electron chi connectivity index (χ2n) is 21.4. The van der Waals surface area contributed by atoms with Crippen LogP contribution < -0.4 is 0 Å². The van der Waals surface area contributed by atoms with Crippen LogP contribution in [0.1, 0.15) is 52.5 Å². The van der Waals surface area contributed by atoms with E-state index in [9.17, 15) is 0 Å². The molecular weight excluding hydrogens is 955 g/mol. The SMILES string of the molecule is C1=CCC2C(=C1)C1(C3=C(C=CC(c4cc(-c5ccccc5)cc(-c5ccccc5)c4)C3)c3ccc(-c4cc(-c5ccccc5)cc(-c5ccccc5)c4)cc31)c1cc(-c3nc(-c4ccccc4)nc(-c4ccccc4)n3)ccc12. The highest BCUT2D eigenvalue weighted by molar-refractivity contribution is 5.95. The van der Waals surface area contributed by atoms with Gasteiger partial charge in [0.1, 0.15) is 0 Å². The Labute approximate surface area is 462 Å². The molecule has 1 aromatic heterocycles. The van der Waals surface area contributed by atoms with Gasteiger partial charge in [0.2, 0.25) is 0 Å². The molecule has 0 aliphatic heterocycles. The largest absolute Gasteiger partial charge is 0.208 e. The van der Waals surface area contributed by atoms with Gasteiger partial charge in [-0.05, 0) is 149 Å². The van der Waals surface area contributed by atoms with Gasteiger partial charge in [0.15, 0.2) is 17.5 Å². The van der Waals surface area contributed by atoms with Gasteiger partial charge in [-0.15, -0.1) is 0 Å². The van der Waals surface area contributed by atoms with E-state index in [0.29, 0.717) is 17.5 Å². The third kappa shape index (κ3) is 8.08. The molecule has 0 N–H and O–H groups in total. The molecule has 4 aliphatic carbocycles. The average Bonchev–Trinajstić information content (AvgIpc) is 4.04. The van der Waals surface area contributed by atoms with E-state index >= 15 is 0 Å². The van der Waals surface area contributed by atoms with Crippen molar-refractivity contribution in [1.82, 2.24) is 15.0 Å². The molecule has 0 bridgehead atoms. The van der Waals surface area contributed by atoms with Crippen molar-refractivity contribution < 1.29 is 0 Å². The fourth-order valence-corrected chi connectivity index (χ4v) is 13.2. The molecule has 4 aliphatic rings. The smallest absolute Gasteiger partial charge is 0.164 e. The fraction of sp³-hybridized carbons (Fsp3) is 0.0658. The van der Waals surface area contributed by atoms with Gasteiger partial charge in [-0.2, -0.15) is 0 Å². The van der Waals surface area contributed by atoms with E-state index in [4.69, 9.17) is 15.0 Å². The molecule has 0 saturated carbocycles. The number of allylic oxidation sites excluding steroid dienone is 8. The number of hydrogen-bond donors (Lipinski definition) is 0. The second-order valence-corrected chi connectivity index (χ2v) is 21.4. The van der Waals surface area contributed by atoms with Crippen LogP contribution in [0.2, 0.25) is 0 Å². The van der Waals surface area contributed by atoms with Crippen LogP contribution in [0.15, 0.2) is 296 Å². The lowest BCUT2D eigenvalue weighted by Crippen LogP contribution is -2.30. The molecule has 3 heteroatoms. The Morgan fingerprint density at radius 3 is 1.30 bits per heavy atom. The summed E-state index contributed by atoms with van der Waals surface area (Å²) < 4.78 is 0. The fourth-order valence-electron chi connectivity index (χ4n) is 13.2. The molecule has 0 fully saturated rings. The molecule has 15 rings (SSSR count). The molecule has 0 radical (unpaired) electrons. The monoisotopic (exact) mass is 1010 g/mol. The standard InChI is InChI=1S/C76H53N3/c1-7-21-50(22-8-1)59-41-60(51-23-9-2-10-24-51)44-63(43-59)56-35-38-67-68-39-36-57(64-45-61(52-25-11-3-12-26-52)42-62(46-64)53-27-13-4-14-28-53)48-71(68)76(70(67)47-56)69-34-20-19-33-65(69)66-40-37-58(49-72(66)76)75-78-73(54-29-15-5-16-30-54)77-74(79-75)55-31-17-6-18-32-55/h1-32,34-47,49,57,65H,33,48H2. The Morgan fingerprint density at radius 2 is 0.797 bits per heavy atom. The number of fused-ring (bicyclic) bond motifs is 9. The molecule has 3 unspecified atom stereocenters. The van der Waals surface area contributed by atoms with Gasteiger partial charge in [-0.1, -0.05) is 249 Å². The lowest BCUT2D eigenvalue weighted by Gasteiger charge is -2.37. The number of nitrogens with zero attached hydrogens (tertiary/aromatic N) is 3. The van der Waals surface area contributed by atoms with Crippen LogP contribution in [-0.2, 0) is 5.41 Å². The molecule has 1 heterocycles. The highest BCUT2D eigenvalue weighted by Gasteiger charge is 2.56. The van der Waals surface area contributed by atoms with Crippen LogP contribution >= 0.6 is 0 Å². The normalized spacial score (nSPS) is 17.5. The van der Waals surface area contributed by atoms with Gasteiger partial charge in [-0.25, -0.2) is 15.0 Å². The first kappa shape index (κ1) is 46.5. The predicted octanol–water partition coefficient (Wildman–Crippen LogP) is 19.0. The van der Waals surface area contributed by atoms with Gasteiger partial charge in [0.05, 0.1) is 5.41 Å². The van der Waals surface area contributed by atoms with Crippen molar-refractivity contribution in [2.75, 3.05) is 0 Å². The molecule has 10 aromatic carbocycles. The summed E-state index contributed by atoms with van der Waals surface area (Å²) in [5.41, 5.74) is 25.2. The van der Waals surface area contributed by atoms with Crippen molar-refractivity contribution >= 4 is 5.57 Å². The average molecular weight is 1010 g/mol. The molecule has 11 aromatic rings.